The van der Waals surface area contributed by atoms with Gasteiger partial charge in [0.25, 0.3) is 0 Å². The van der Waals surface area contributed by atoms with Crippen LogP contribution in [0, 0.1) is 11.3 Å². The molecule has 4 rings (SSSR count). The summed E-state index contributed by atoms with van der Waals surface area (Å²) >= 11 is 0. The van der Waals surface area contributed by atoms with E-state index in [0.29, 0.717) is 25.5 Å². The normalized spacial score (nSPS) is 24.7. The Kier molecular flexibility index (Phi) is 5.53. The maximum Gasteiger partial charge on any atom is 0.303 e. The Morgan fingerprint density at radius 1 is 1.30 bits per heavy atom. The third-order valence-electron chi connectivity index (χ3n) is 6.49. The second-order valence-corrected chi connectivity index (χ2v) is 8.50. The predicted molar refractivity (Wildman–Crippen MR) is 102 cm³/mol. The van der Waals surface area contributed by atoms with Crippen molar-refractivity contribution in [3.8, 4) is 5.75 Å². The Balaban J connectivity index is 1.28. The molecule has 3 fully saturated rings. The monoisotopic (exact) mass is 374 g/mol. The lowest BCUT2D eigenvalue weighted by Gasteiger charge is -2.34. The molecule has 1 aromatic heterocycles. The quantitative estimate of drug-likeness (QED) is 0.788. The maximum absolute atomic E-state index is 10.8. The first-order chi connectivity index (χ1) is 13.1. The highest BCUT2D eigenvalue weighted by Gasteiger charge is 2.44. The van der Waals surface area contributed by atoms with Crippen LogP contribution in [0.5, 0.6) is 5.75 Å². The van der Waals surface area contributed by atoms with E-state index in [9.17, 15) is 4.79 Å². The fraction of sp³-hybridized carbons (Fsp3) is 0.714. The first-order valence-electron chi connectivity index (χ1n) is 10.3. The molecule has 3 aliphatic rings. The van der Waals surface area contributed by atoms with Gasteiger partial charge in [-0.3, -0.25) is 9.78 Å². The van der Waals surface area contributed by atoms with Gasteiger partial charge in [0.2, 0.25) is 0 Å². The zero-order chi connectivity index (χ0) is 18.7. The van der Waals surface area contributed by atoms with E-state index in [1.54, 1.807) is 6.20 Å². The van der Waals surface area contributed by atoms with E-state index in [0.717, 1.165) is 30.0 Å². The molecule has 6 nitrogen and oxygen atoms in total. The van der Waals surface area contributed by atoms with Gasteiger partial charge in [0.1, 0.15) is 5.75 Å². The van der Waals surface area contributed by atoms with Gasteiger partial charge >= 0.3 is 5.97 Å². The molecule has 1 N–H and O–H groups in total. The van der Waals surface area contributed by atoms with Gasteiger partial charge in [0, 0.05) is 25.6 Å². The van der Waals surface area contributed by atoms with Crippen LogP contribution in [0.4, 0.5) is 5.69 Å². The molecule has 2 heterocycles. The third kappa shape index (κ3) is 4.92. The zero-order valence-corrected chi connectivity index (χ0v) is 15.9. The summed E-state index contributed by atoms with van der Waals surface area (Å²) in [4.78, 5) is 17.4. The van der Waals surface area contributed by atoms with Crippen molar-refractivity contribution < 1.29 is 19.4 Å². The first-order valence-corrected chi connectivity index (χ1v) is 10.3. The molecule has 1 aromatic rings. The number of ether oxygens (including phenoxy) is 2. The van der Waals surface area contributed by atoms with Crippen LogP contribution in [0.2, 0.25) is 0 Å². The van der Waals surface area contributed by atoms with E-state index in [1.165, 1.54) is 38.5 Å². The smallest absolute Gasteiger partial charge is 0.303 e. The average Bonchev–Trinajstić information content (AvgIpc) is 3.45. The average molecular weight is 374 g/mol. The van der Waals surface area contributed by atoms with E-state index in [2.05, 4.69) is 16.0 Å². The fourth-order valence-corrected chi connectivity index (χ4v) is 4.42. The van der Waals surface area contributed by atoms with Crippen molar-refractivity contribution in [3.63, 3.8) is 0 Å². The molecule has 6 heteroatoms. The molecule has 0 unspecified atom stereocenters. The Labute approximate surface area is 160 Å². The topological polar surface area (TPSA) is 71.9 Å². The molecule has 0 radical (unpaired) electrons. The van der Waals surface area contributed by atoms with Crippen LogP contribution >= 0.6 is 0 Å². The van der Waals surface area contributed by atoms with Crippen molar-refractivity contribution in [2.45, 2.75) is 57.5 Å². The molecule has 1 saturated heterocycles. The van der Waals surface area contributed by atoms with Crippen molar-refractivity contribution in [3.05, 3.63) is 18.5 Å². The molecule has 0 amide bonds. The number of carboxylic acids is 1. The summed E-state index contributed by atoms with van der Waals surface area (Å²) in [7, 11) is 0. The molecular weight excluding hydrogens is 344 g/mol. The summed E-state index contributed by atoms with van der Waals surface area (Å²) in [5, 5.41) is 8.87. The number of carboxylic acid groups (broad SMARTS) is 1. The van der Waals surface area contributed by atoms with Gasteiger partial charge in [-0.05, 0) is 56.3 Å². The van der Waals surface area contributed by atoms with Crippen LogP contribution in [-0.2, 0) is 9.53 Å². The predicted octanol–water partition coefficient (Wildman–Crippen LogP) is 3.50. The van der Waals surface area contributed by atoms with Crippen LogP contribution in [0.15, 0.2) is 18.5 Å². The van der Waals surface area contributed by atoms with Gasteiger partial charge in [-0.25, -0.2) is 0 Å². The van der Waals surface area contributed by atoms with Crippen LogP contribution < -0.4 is 9.64 Å². The van der Waals surface area contributed by atoms with Crippen LogP contribution in [0.1, 0.15) is 51.4 Å². The van der Waals surface area contributed by atoms with Gasteiger partial charge in [0.15, 0.2) is 0 Å². The highest BCUT2D eigenvalue weighted by molar-refractivity contribution is 5.66. The standard InChI is InChI=1S/C21H30N2O4/c24-20(25)2-1-18-14-23(9-10-26-18)17-11-19(13-22-12-17)27-15-16-3-5-21(6-4-16)7-8-21/h11-13,16,18H,1-10,14-15H2,(H,24,25)/t18-/m0/s1. The fourth-order valence-electron chi connectivity index (χ4n) is 4.42. The molecule has 0 bridgehead atoms. The maximum atomic E-state index is 10.8. The van der Waals surface area contributed by atoms with Crippen LogP contribution in [-0.4, -0.2) is 48.5 Å². The van der Waals surface area contributed by atoms with E-state index in [-0.39, 0.29) is 12.5 Å². The van der Waals surface area contributed by atoms with Gasteiger partial charge in [-0.15, -0.1) is 0 Å². The lowest BCUT2D eigenvalue weighted by atomic mass is 9.80. The van der Waals surface area contributed by atoms with Crippen molar-refractivity contribution in [2.24, 2.45) is 11.3 Å². The third-order valence-corrected chi connectivity index (χ3v) is 6.49. The van der Waals surface area contributed by atoms with Gasteiger partial charge in [0.05, 0.1) is 37.4 Å². The van der Waals surface area contributed by atoms with Crippen molar-refractivity contribution in [1.82, 2.24) is 4.98 Å². The number of hydrogen-bond acceptors (Lipinski definition) is 5. The lowest BCUT2D eigenvalue weighted by molar-refractivity contribution is -0.137. The minimum Gasteiger partial charge on any atom is -0.492 e. The lowest BCUT2D eigenvalue weighted by Crippen LogP contribution is -2.42. The van der Waals surface area contributed by atoms with Gasteiger partial charge < -0.3 is 19.5 Å². The number of pyridine rings is 1. The second-order valence-electron chi connectivity index (χ2n) is 8.50. The van der Waals surface area contributed by atoms with E-state index < -0.39 is 5.97 Å². The van der Waals surface area contributed by atoms with E-state index >= 15 is 0 Å². The van der Waals surface area contributed by atoms with E-state index in [4.69, 9.17) is 14.6 Å². The molecule has 148 valence electrons. The van der Waals surface area contributed by atoms with Crippen molar-refractivity contribution >= 4 is 11.7 Å². The summed E-state index contributed by atoms with van der Waals surface area (Å²) in [6, 6.07) is 2.05. The van der Waals surface area contributed by atoms with Gasteiger partial charge in [-0.2, -0.15) is 0 Å². The minimum absolute atomic E-state index is 0.0450. The number of nitrogens with zero attached hydrogens (tertiary/aromatic N) is 2. The number of morpholine rings is 1. The summed E-state index contributed by atoms with van der Waals surface area (Å²) in [5.74, 6) is 0.722. The Bertz CT molecular complexity index is 651. The molecule has 1 spiro atoms. The Hall–Kier alpha value is -1.82. The number of hydrogen-bond donors (Lipinski definition) is 1. The van der Waals surface area contributed by atoms with Crippen LogP contribution in [0.25, 0.3) is 0 Å². The molecule has 0 aromatic carbocycles. The van der Waals surface area contributed by atoms with Crippen molar-refractivity contribution in [1.29, 1.82) is 0 Å². The summed E-state index contributed by atoms with van der Waals surface area (Å²) in [5.41, 5.74) is 1.75. The second kappa shape index (κ2) is 8.05. The molecule has 2 aliphatic carbocycles. The SMILES string of the molecule is O=C(O)CC[C@H]1CN(c2cncc(OCC3CCC4(CC3)CC4)c2)CCO1. The summed E-state index contributed by atoms with van der Waals surface area (Å²) < 4.78 is 11.8. The Morgan fingerprint density at radius 3 is 2.85 bits per heavy atom. The molecular formula is C21H30N2O4. The first kappa shape index (κ1) is 18.5. The van der Waals surface area contributed by atoms with E-state index in [1.807, 2.05) is 6.20 Å². The summed E-state index contributed by atoms with van der Waals surface area (Å²) in [6.07, 6.45) is 12.5. The summed E-state index contributed by atoms with van der Waals surface area (Å²) in [6.45, 7) is 2.88. The zero-order valence-electron chi connectivity index (χ0n) is 15.9. The minimum atomic E-state index is -0.775. The number of rotatable bonds is 7. The largest absolute Gasteiger partial charge is 0.492 e. The van der Waals surface area contributed by atoms with Crippen LogP contribution in [0.3, 0.4) is 0 Å². The highest BCUT2D eigenvalue weighted by Crippen LogP contribution is 2.57. The molecule has 2 saturated carbocycles. The number of aromatic nitrogens is 1. The van der Waals surface area contributed by atoms with Crippen molar-refractivity contribution in [2.75, 3.05) is 31.2 Å². The number of aliphatic carboxylic acids is 1. The highest BCUT2D eigenvalue weighted by atomic mass is 16.5. The number of anilines is 1. The van der Waals surface area contributed by atoms with Gasteiger partial charge in [-0.1, -0.05) is 0 Å². The number of carbonyl (C=O) groups is 1. The Morgan fingerprint density at radius 2 is 2.11 bits per heavy atom. The molecule has 1 aliphatic heterocycles. The molecule has 27 heavy (non-hydrogen) atoms. The molecule has 1 atom stereocenters.